The number of aliphatic carboxylic acids is 1. The molecule has 1 N–H and O–H groups in total. The highest BCUT2D eigenvalue weighted by molar-refractivity contribution is 5.66. The molecule has 4 rings (SSSR count). The van der Waals surface area contributed by atoms with E-state index in [1.165, 1.54) is 61.9 Å². The van der Waals surface area contributed by atoms with E-state index < -0.39 is 5.97 Å². The Morgan fingerprint density at radius 1 is 0.889 bits per heavy atom. The van der Waals surface area contributed by atoms with Gasteiger partial charge in [-0.3, -0.25) is 4.79 Å². The minimum Gasteiger partial charge on any atom is -0.481 e. The molecule has 2 aromatic carbocycles. The van der Waals surface area contributed by atoms with Crippen LogP contribution in [0.2, 0.25) is 0 Å². The van der Waals surface area contributed by atoms with Crippen LogP contribution in [0.5, 0.6) is 0 Å². The standard InChI is InChI=1S/C32H43NO3/c34-32(35)16-10-4-2-1-3-9-15-29-30(33-23-11-6-12-24-33)21-22-31(29)36-25-26-17-19-28(20-18-26)27-13-7-5-8-14-27/h1,3,5,7-8,13-14,17-20,29-31H,2,4,6,9-12,15-16,21-25H2,(H,34,35). The smallest absolute Gasteiger partial charge is 0.303 e. The van der Waals surface area contributed by atoms with Crippen LogP contribution in [0, 0.1) is 5.92 Å². The lowest BCUT2D eigenvalue weighted by atomic mass is 9.93. The molecular formula is C32H43NO3. The summed E-state index contributed by atoms with van der Waals surface area (Å²) in [6.45, 7) is 3.17. The zero-order valence-electron chi connectivity index (χ0n) is 21.7. The Labute approximate surface area is 217 Å². The summed E-state index contributed by atoms with van der Waals surface area (Å²) >= 11 is 0. The van der Waals surface area contributed by atoms with Gasteiger partial charge in [0.25, 0.3) is 0 Å². The van der Waals surface area contributed by atoms with Crippen LogP contribution in [-0.4, -0.2) is 41.2 Å². The maximum atomic E-state index is 10.7. The van der Waals surface area contributed by atoms with E-state index in [2.05, 4.69) is 71.6 Å². The molecule has 36 heavy (non-hydrogen) atoms. The average molecular weight is 490 g/mol. The van der Waals surface area contributed by atoms with E-state index in [-0.39, 0.29) is 6.42 Å². The number of carbonyl (C=O) groups is 1. The molecule has 1 saturated heterocycles. The van der Waals surface area contributed by atoms with Gasteiger partial charge in [0.05, 0.1) is 12.7 Å². The number of likely N-dealkylation sites (tertiary alicyclic amines) is 1. The Bertz CT molecular complexity index is 934. The summed E-state index contributed by atoms with van der Waals surface area (Å²) in [4.78, 5) is 13.4. The van der Waals surface area contributed by atoms with Gasteiger partial charge < -0.3 is 14.7 Å². The Kier molecular flexibility index (Phi) is 10.6. The number of hydrogen-bond acceptors (Lipinski definition) is 3. The molecule has 0 bridgehead atoms. The van der Waals surface area contributed by atoms with Crippen LogP contribution in [0.1, 0.15) is 76.2 Å². The number of piperidine rings is 1. The van der Waals surface area contributed by atoms with E-state index in [4.69, 9.17) is 9.84 Å². The summed E-state index contributed by atoms with van der Waals surface area (Å²) in [7, 11) is 0. The van der Waals surface area contributed by atoms with Crippen molar-refractivity contribution in [2.24, 2.45) is 5.92 Å². The number of carboxylic acids is 1. The van der Waals surface area contributed by atoms with Gasteiger partial charge in [-0.05, 0) is 87.6 Å². The molecule has 1 saturated carbocycles. The molecule has 1 aliphatic heterocycles. The summed E-state index contributed by atoms with van der Waals surface area (Å²) in [5, 5.41) is 8.77. The van der Waals surface area contributed by atoms with Crippen molar-refractivity contribution in [2.75, 3.05) is 13.1 Å². The number of unbranched alkanes of at least 4 members (excludes halogenated alkanes) is 2. The monoisotopic (exact) mass is 489 g/mol. The van der Waals surface area contributed by atoms with Gasteiger partial charge >= 0.3 is 5.97 Å². The molecule has 2 fully saturated rings. The highest BCUT2D eigenvalue weighted by Crippen LogP contribution is 2.37. The van der Waals surface area contributed by atoms with E-state index in [0.717, 1.165) is 32.1 Å². The first-order valence-corrected chi connectivity index (χ1v) is 14.1. The maximum absolute atomic E-state index is 10.7. The molecule has 0 spiro atoms. The van der Waals surface area contributed by atoms with Crippen molar-refractivity contribution in [3.8, 4) is 11.1 Å². The van der Waals surface area contributed by atoms with Crippen molar-refractivity contribution in [1.82, 2.24) is 4.90 Å². The van der Waals surface area contributed by atoms with Crippen LogP contribution in [-0.2, 0) is 16.1 Å². The largest absolute Gasteiger partial charge is 0.481 e. The third kappa shape index (κ3) is 8.04. The number of ether oxygens (including phenoxy) is 1. The summed E-state index contributed by atoms with van der Waals surface area (Å²) in [6, 6.07) is 20.0. The van der Waals surface area contributed by atoms with E-state index in [9.17, 15) is 4.79 Å². The van der Waals surface area contributed by atoms with Gasteiger partial charge in [-0.15, -0.1) is 0 Å². The highest BCUT2D eigenvalue weighted by Gasteiger charge is 2.39. The SMILES string of the molecule is O=C(O)CCCCC=CCCC1C(OCc2ccc(-c3ccccc3)cc2)CCC1N1CCCCC1. The number of rotatable bonds is 13. The van der Waals surface area contributed by atoms with Crippen LogP contribution < -0.4 is 0 Å². The fourth-order valence-electron chi connectivity index (χ4n) is 5.99. The van der Waals surface area contributed by atoms with Crippen LogP contribution in [0.3, 0.4) is 0 Å². The number of carboxylic acid groups (broad SMARTS) is 1. The lowest BCUT2D eigenvalue weighted by Crippen LogP contribution is -2.43. The number of allylic oxidation sites excluding steroid dienone is 2. The quantitative estimate of drug-likeness (QED) is 0.234. The van der Waals surface area contributed by atoms with E-state index in [1.807, 2.05) is 0 Å². The summed E-state index contributed by atoms with van der Waals surface area (Å²) in [5.74, 6) is -0.106. The molecule has 3 unspecified atom stereocenters. The molecule has 0 radical (unpaired) electrons. The first kappa shape index (κ1) is 26.6. The molecule has 194 valence electrons. The van der Waals surface area contributed by atoms with Crippen molar-refractivity contribution in [3.05, 3.63) is 72.3 Å². The number of benzene rings is 2. The average Bonchev–Trinajstić information content (AvgIpc) is 3.32. The lowest BCUT2D eigenvalue weighted by Gasteiger charge is -2.37. The second-order valence-electron chi connectivity index (χ2n) is 10.5. The second kappa shape index (κ2) is 14.3. The fraction of sp³-hybridized carbons (Fsp3) is 0.531. The van der Waals surface area contributed by atoms with Gasteiger partial charge in [0, 0.05) is 18.4 Å². The van der Waals surface area contributed by atoms with Gasteiger partial charge in [0.15, 0.2) is 0 Å². The molecule has 4 nitrogen and oxygen atoms in total. The predicted octanol–water partition coefficient (Wildman–Crippen LogP) is 7.48. The fourth-order valence-corrected chi connectivity index (χ4v) is 5.99. The Morgan fingerprint density at radius 2 is 1.61 bits per heavy atom. The van der Waals surface area contributed by atoms with Crippen LogP contribution in [0.15, 0.2) is 66.7 Å². The van der Waals surface area contributed by atoms with Gasteiger partial charge in [-0.2, -0.15) is 0 Å². The topological polar surface area (TPSA) is 49.8 Å². The van der Waals surface area contributed by atoms with Crippen molar-refractivity contribution >= 4 is 5.97 Å². The Morgan fingerprint density at radius 3 is 2.36 bits per heavy atom. The Balaban J connectivity index is 1.29. The van der Waals surface area contributed by atoms with Gasteiger partial charge in [-0.25, -0.2) is 0 Å². The first-order chi connectivity index (χ1) is 17.7. The van der Waals surface area contributed by atoms with Crippen LogP contribution in [0.4, 0.5) is 0 Å². The van der Waals surface area contributed by atoms with E-state index in [0.29, 0.717) is 24.7 Å². The molecule has 2 aliphatic rings. The zero-order chi connectivity index (χ0) is 25.0. The summed E-state index contributed by atoms with van der Waals surface area (Å²) in [5.41, 5.74) is 3.74. The summed E-state index contributed by atoms with van der Waals surface area (Å²) < 4.78 is 6.59. The normalized spacial score (nSPS) is 22.8. The molecule has 4 heteroatoms. The predicted molar refractivity (Wildman–Crippen MR) is 147 cm³/mol. The third-order valence-electron chi connectivity index (χ3n) is 7.95. The van der Waals surface area contributed by atoms with Crippen molar-refractivity contribution < 1.29 is 14.6 Å². The second-order valence-corrected chi connectivity index (χ2v) is 10.5. The van der Waals surface area contributed by atoms with Crippen molar-refractivity contribution in [3.63, 3.8) is 0 Å². The number of nitrogens with zero attached hydrogens (tertiary/aromatic N) is 1. The molecular weight excluding hydrogens is 446 g/mol. The van der Waals surface area contributed by atoms with Crippen molar-refractivity contribution in [1.29, 1.82) is 0 Å². The summed E-state index contributed by atoms with van der Waals surface area (Å²) in [6.07, 6.45) is 16.6. The highest BCUT2D eigenvalue weighted by atomic mass is 16.5. The van der Waals surface area contributed by atoms with E-state index in [1.54, 1.807) is 0 Å². The number of hydrogen-bond donors (Lipinski definition) is 1. The Hall–Kier alpha value is -2.43. The van der Waals surface area contributed by atoms with Gasteiger partial charge in [0.1, 0.15) is 0 Å². The molecule has 0 amide bonds. The molecule has 1 heterocycles. The third-order valence-corrected chi connectivity index (χ3v) is 7.95. The molecule has 3 atom stereocenters. The zero-order valence-corrected chi connectivity index (χ0v) is 21.7. The minimum atomic E-state index is -0.692. The minimum absolute atomic E-state index is 0.279. The van der Waals surface area contributed by atoms with Gasteiger partial charge in [0.2, 0.25) is 0 Å². The lowest BCUT2D eigenvalue weighted by molar-refractivity contribution is -0.137. The molecule has 2 aromatic rings. The van der Waals surface area contributed by atoms with Gasteiger partial charge in [-0.1, -0.05) is 73.2 Å². The first-order valence-electron chi connectivity index (χ1n) is 14.1. The van der Waals surface area contributed by atoms with E-state index >= 15 is 0 Å². The maximum Gasteiger partial charge on any atom is 0.303 e. The molecule has 0 aromatic heterocycles. The molecule has 1 aliphatic carbocycles. The van der Waals surface area contributed by atoms with Crippen LogP contribution >= 0.6 is 0 Å². The van der Waals surface area contributed by atoms with Crippen LogP contribution in [0.25, 0.3) is 11.1 Å². The van der Waals surface area contributed by atoms with Crippen molar-refractivity contribution in [2.45, 2.75) is 89.4 Å².